The topological polar surface area (TPSA) is 0 Å². The molecule has 0 aromatic carbocycles. The second-order valence-electron chi connectivity index (χ2n) is 6.37. The van der Waals surface area contributed by atoms with Crippen LogP contribution in [0, 0.1) is 5.41 Å². The summed E-state index contributed by atoms with van der Waals surface area (Å²) in [5.41, 5.74) is 1.97. The first kappa shape index (κ1) is 11.8. The van der Waals surface area contributed by atoms with E-state index >= 15 is 0 Å². The molecule has 0 aromatic heterocycles. The smallest absolute Gasteiger partial charge is 0.0724 e. The Hall–Kier alpha value is -0.303. The summed E-state index contributed by atoms with van der Waals surface area (Å²) in [6.07, 6.45) is 7.35. The Balaban J connectivity index is 2.72. The minimum Gasteiger partial charge on any atom is -0.0848 e. The lowest BCUT2D eigenvalue weighted by molar-refractivity contribution is 0.490. The van der Waals surface area contributed by atoms with Crippen LogP contribution in [0.15, 0.2) is 22.9 Å². The summed E-state index contributed by atoms with van der Waals surface area (Å²) in [4.78, 5) is 0. The van der Waals surface area contributed by atoms with Gasteiger partial charge in [0.05, 0.1) is 8.07 Å². The van der Waals surface area contributed by atoms with Crippen LogP contribution in [-0.2, 0) is 0 Å². The fraction of sp³-hybridized carbons (Fsp3) is 0.692. The zero-order valence-corrected chi connectivity index (χ0v) is 11.6. The van der Waals surface area contributed by atoms with Crippen molar-refractivity contribution in [1.82, 2.24) is 0 Å². The standard InChI is InChI=1S/C13H24Si/c1-13(2,3)11-7-9-12(10-8-11)14(4,5)6/h7,10H,8-9H2,1-6H3. The van der Waals surface area contributed by atoms with Crippen LogP contribution >= 0.6 is 0 Å². The Bertz CT molecular complexity index is 239. The summed E-state index contributed by atoms with van der Waals surface area (Å²) >= 11 is 0. The molecule has 0 amide bonds. The van der Waals surface area contributed by atoms with E-state index < -0.39 is 8.07 Å². The summed E-state index contributed by atoms with van der Waals surface area (Å²) in [6, 6.07) is 0. The monoisotopic (exact) mass is 208 g/mol. The molecular weight excluding hydrogens is 184 g/mol. The molecule has 14 heavy (non-hydrogen) atoms. The van der Waals surface area contributed by atoms with Crippen molar-refractivity contribution in [2.24, 2.45) is 5.41 Å². The van der Waals surface area contributed by atoms with Crippen molar-refractivity contribution in [3.63, 3.8) is 0 Å². The maximum absolute atomic E-state index is 2.49. The molecule has 1 rings (SSSR count). The van der Waals surface area contributed by atoms with Crippen molar-refractivity contribution in [2.75, 3.05) is 0 Å². The van der Waals surface area contributed by atoms with Gasteiger partial charge in [-0.1, -0.05) is 63.3 Å². The SMILES string of the molecule is CC(C)(C)C1=CCC([Si](C)(C)C)=CC1. The first-order chi connectivity index (χ1) is 6.21. The van der Waals surface area contributed by atoms with Gasteiger partial charge in [-0.2, -0.15) is 0 Å². The van der Waals surface area contributed by atoms with Gasteiger partial charge in [-0.05, 0) is 18.3 Å². The predicted molar refractivity (Wildman–Crippen MR) is 68.2 cm³/mol. The van der Waals surface area contributed by atoms with E-state index in [4.69, 9.17) is 0 Å². The van der Waals surface area contributed by atoms with Gasteiger partial charge in [0.2, 0.25) is 0 Å². The van der Waals surface area contributed by atoms with Gasteiger partial charge < -0.3 is 0 Å². The van der Waals surface area contributed by atoms with Gasteiger partial charge in [-0.15, -0.1) is 0 Å². The largest absolute Gasteiger partial charge is 0.0848 e. The molecule has 0 heterocycles. The van der Waals surface area contributed by atoms with Crippen molar-refractivity contribution in [1.29, 1.82) is 0 Å². The molecular formula is C13H24Si. The molecule has 0 aromatic rings. The van der Waals surface area contributed by atoms with Crippen molar-refractivity contribution < 1.29 is 0 Å². The van der Waals surface area contributed by atoms with Gasteiger partial charge >= 0.3 is 0 Å². The average molecular weight is 208 g/mol. The molecule has 80 valence electrons. The highest BCUT2D eigenvalue weighted by Crippen LogP contribution is 2.34. The summed E-state index contributed by atoms with van der Waals surface area (Å²) in [5, 5.41) is 1.73. The van der Waals surface area contributed by atoms with Crippen molar-refractivity contribution in [3.8, 4) is 0 Å². The molecule has 0 saturated heterocycles. The minimum absolute atomic E-state index is 0.363. The fourth-order valence-corrected chi connectivity index (χ4v) is 3.29. The molecule has 0 spiro atoms. The van der Waals surface area contributed by atoms with Gasteiger partial charge in [-0.3, -0.25) is 0 Å². The maximum Gasteiger partial charge on any atom is 0.0724 e. The molecule has 1 aliphatic carbocycles. The second-order valence-corrected chi connectivity index (χ2v) is 11.5. The molecule has 0 saturated carbocycles. The van der Waals surface area contributed by atoms with Crippen LogP contribution in [0.25, 0.3) is 0 Å². The molecule has 0 fully saturated rings. The number of hydrogen-bond donors (Lipinski definition) is 0. The maximum atomic E-state index is 2.49. The zero-order chi connectivity index (χ0) is 11.0. The molecule has 0 N–H and O–H groups in total. The van der Waals surface area contributed by atoms with Crippen molar-refractivity contribution in [2.45, 2.75) is 53.3 Å². The van der Waals surface area contributed by atoms with E-state index in [1.165, 1.54) is 12.8 Å². The van der Waals surface area contributed by atoms with Gasteiger partial charge in [0.25, 0.3) is 0 Å². The number of rotatable bonds is 1. The van der Waals surface area contributed by atoms with Crippen LogP contribution in [-0.4, -0.2) is 8.07 Å². The van der Waals surface area contributed by atoms with Crippen LogP contribution in [0.1, 0.15) is 33.6 Å². The third kappa shape index (κ3) is 2.84. The highest BCUT2D eigenvalue weighted by Gasteiger charge is 2.23. The van der Waals surface area contributed by atoms with Gasteiger partial charge in [0.1, 0.15) is 0 Å². The van der Waals surface area contributed by atoms with Crippen molar-refractivity contribution >= 4 is 8.07 Å². The van der Waals surface area contributed by atoms with E-state index in [0.29, 0.717) is 5.41 Å². The fourth-order valence-electron chi connectivity index (χ4n) is 1.86. The normalized spacial score (nSPS) is 19.0. The van der Waals surface area contributed by atoms with Gasteiger partial charge in [0, 0.05) is 0 Å². The Morgan fingerprint density at radius 2 is 1.57 bits per heavy atom. The van der Waals surface area contributed by atoms with E-state index in [0.717, 1.165) is 0 Å². The second kappa shape index (κ2) is 3.69. The van der Waals surface area contributed by atoms with E-state index in [-0.39, 0.29) is 0 Å². The average Bonchev–Trinajstić information content (AvgIpc) is 2.01. The van der Waals surface area contributed by atoms with Crippen LogP contribution in [0.2, 0.25) is 19.6 Å². The molecule has 0 unspecified atom stereocenters. The summed E-state index contributed by atoms with van der Waals surface area (Å²) in [6.45, 7) is 14.3. The van der Waals surface area contributed by atoms with Crippen LogP contribution in [0.5, 0.6) is 0 Å². The Morgan fingerprint density at radius 1 is 1.00 bits per heavy atom. The van der Waals surface area contributed by atoms with E-state index in [2.05, 4.69) is 52.6 Å². The lowest BCUT2D eigenvalue weighted by Gasteiger charge is -2.29. The molecule has 1 aliphatic rings. The van der Waals surface area contributed by atoms with Crippen LogP contribution in [0.4, 0.5) is 0 Å². The molecule has 0 aliphatic heterocycles. The molecule has 0 bridgehead atoms. The first-order valence-corrected chi connectivity index (χ1v) is 9.10. The van der Waals surface area contributed by atoms with Crippen molar-refractivity contribution in [3.05, 3.63) is 22.9 Å². The van der Waals surface area contributed by atoms with Crippen LogP contribution in [0.3, 0.4) is 0 Å². The minimum atomic E-state index is -1.03. The summed E-state index contributed by atoms with van der Waals surface area (Å²) in [5.74, 6) is 0. The third-order valence-corrected chi connectivity index (χ3v) is 5.40. The number of hydrogen-bond acceptors (Lipinski definition) is 0. The van der Waals surface area contributed by atoms with Crippen LogP contribution < -0.4 is 0 Å². The highest BCUT2D eigenvalue weighted by atomic mass is 28.3. The predicted octanol–water partition coefficient (Wildman–Crippen LogP) is 4.56. The lowest BCUT2D eigenvalue weighted by Crippen LogP contribution is -2.25. The summed E-state index contributed by atoms with van der Waals surface area (Å²) < 4.78 is 0. The quantitative estimate of drug-likeness (QED) is 0.438. The molecule has 1 heteroatoms. The van der Waals surface area contributed by atoms with E-state index in [1.807, 2.05) is 0 Å². The molecule has 0 nitrogen and oxygen atoms in total. The van der Waals surface area contributed by atoms with Gasteiger partial charge in [-0.25, -0.2) is 0 Å². The van der Waals surface area contributed by atoms with Gasteiger partial charge in [0.15, 0.2) is 0 Å². The summed E-state index contributed by atoms with van der Waals surface area (Å²) in [7, 11) is -1.03. The number of allylic oxidation sites excluding steroid dienone is 4. The Labute approximate surface area is 90.1 Å². The Morgan fingerprint density at radius 3 is 1.86 bits per heavy atom. The zero-order valence-electron chi connectivity index (χ0n) is 10.6. The third-order valence-electron chi connectivity index (χ3n) is 3.06. The molecule has 0 atom stereocenters. The first-order valence-electron chi connectivity index (χ1n) is 5.60. The lowest BCUT2D eigenvalue weighted by atomic mass is 9.82. The Kier molecular flexibility index (Phi) is 3.10. The molecule has 0 radical (unpaired) electrons. The van der Waals surface area contributed by atoms with E-state index in [1.54, 1.807) is 10.8 Å². The van der Waals surface area contributed by atoms with E-state index in [9.17, 15) is 0 Å². The highest BCUT2D eigenvalue weighted by molar-refractivity contribution is 6.83.